The second-order valence-electron chi connectivity index (χ2n) is 6.27. The summed E-state index contributed by atoms with van der Waals surface area (Å²) in [5, 5.41) is 10.8. The highest BCUT2D eigenvalue weighted by atomic mass is 32.1. The third-order valence-corrected chi connectivity index (χ3v) is 5.18. The lowest BCUT2D eigenvalue weighted by Gasteiger charge is -2.29. The first-order valence-corrected chi connectivity index (χ1v) is 8.86. The van der Waals surface area contributed by atoms with Crippen LogP contribution in [0.5, 0.6) is 0 Å². The van der Waals surface area contributed by atoms with Gasteiger partial charge in [0.05, 0.1) is 23.2 Å². The Bertz CT molecular complexity index is 933. The molecule has 0 fully saturated rings. The Balaban J connectivity index is 1.78. The van der Waals surface area contributed by atoms with Gasteiger partial charge in [0.15, 0.2) is 0 Å². The smallest absolute Gasteiger partial charge is 0.425 e. The van der Waals surface area contributed by atoms with Crippen LogP contribution in [0.4, 0.5) is 13.2 Å². The Morgan fingerprint density at radius 2 is 1.96 bits per heavy atom. The Hall–Kier alpha value is -2.39. The fraction of sp³-hybridized carbons (Fsp3) is 0.333. The zero-order chi connectivity index (χ0) is 19.8. The van der Waals surface area contributed by atoms with E-state index in [0.29, 0.717) is 5.01 Å². The maximum absolute atomic E-state index is 13.5. The van der Waals surface area contributed by atoms with E-state index in [1.54, 1.807) is 0 Å². The number of fused-ring (bicyclic) bond motifs is 1. The van der Waals surface area contributed by atoms with Crippen LogP contribution >= 0.6 is 11.3 Å². The van der Waals surface area contributed by atoms with Crippen molar-refractivity contribution in [3.05, 3.63) is 52.9 Å². The van der Waals surface area contributed by atoms with E-state index < -0.39 is 29.9 Å². The van der Waals surface area contributed by atoms with Gasteiger partial charge in [0.25, 0.3) is 0 Å². The van der Waals surface area contributed by atoms with E-state index in [9.17, 15) is 23.1 Å². The molecule has 1 atom stereocenters. The van der Waals surface area contributed by atoms with Crippen LogP contribution in [0.2, 0.25) is 0 Å². The van der Waals surface area contributed by atoms with Crippen LogP contribution < -0.4 is 0 Å². The van der Waals surface area contributed by atoms with Crippen molar-refractivity contribution in [2.75, 3.05) is 7.05 Å². The monoisotopic (exact) mass is 398 g/mol. The SMILES string of the molecule is Cc1ccc([C@](O)(CC(=O)N(C)Cc2nc3ccccc3s2)C(F)(F)F)o1. The number of furan rings is 1. The second kappa shape index (κ2) is 6.97. The van der Waals surface area contributed by atoms with Gasteiger partial charge in [-0.15, -0.1) is 11.3 Å². The standard InChI is InChI=1S/C18H17F3N2O3S/c1-11-7-8-14(26-11)17(25,18(19,20)21)9-16(24)23(2)10-15-22-12-5-3-4-6-13(12)27-15/h3-8,25H,9-10H2,1-2H3/t17-/m1/s1. The molecule has 1 aromatic carbocycles. The molecule has 0 saturated carbocycles. The molecule has 0 spiro atoms. The third-order valence-electron chi connectivity index (χ3n) is 4.16. The predicted molar refractivity (Wildman–Crippen MR) is 94.1 cm³/mol. The summed E-state index contributed by atoms with van der Waals surface area (Å²) in [7, 11) is 1.37. The summed E-state index contributed by atoms with van der Waals surface area (Å²) in [6.45, 7) is 1.50. The average Bonchev–Trinajstić information content (AvgIpc) is 3.19. The molecular weight excluding hydrogens is 381 g/mol. The maximum Gasteiger partial charge on any atom is 0.425 e. The molecule has 5 nitrogen and oxygen atoms in total. The number of thiazole rings is 1. The molecule has 27 heavy (non-hydrogen) atoms. The number of para-hydroxylation sites is 1. The van der Waals surface area contributed by atoms with E-state index in [2.05, 4.69) is 4.98 Å². The predicted octanol–water partition coefficient (Wildman–Crippen LogP) is 4.00. The van der Waals surface area contributed by atoms with Gasteiger partial charge in [0.2, 0.25) is 11.5 Å². The summed E-state index contributed by atoms with van der Waals surface area (Å²) in [5.74, 6) is -1.36. The van der Waals surface area contributed by atoms with Crippen molar-refractivity contribution in [1.29, 1.82) is 0 Å². The number of nitrogens with zero attached hydrogens (tertiary/aromatic N) is 2. The molecule has 3 rings (SSSR count). The summed E-state index contributed by atoms with van der Waals surface area (Å²) in [4.78, 5) is 17.9. The molecule has 0 aliphatic rings. The summed E-state index contributed by atoms with van der Waals surface area (Å²) >= 11 is 1.36. The number of hydrogen-bond donors (Lipinski definition) is 1. The van der Waals surface area contributed by atoms with E-state index >= 15 is 0 Å². The van der Waals surface area contributed by atoms with Gasteiger partial charge in [-0.3, -0.25) is 4.79 Å². The molecule has 144 valence electrons. The highest BCUT2D eigenvalue weighted by molar-refractivity contribution is 7.18. The highest BCUT2D eigenvalue weighted by Crippen LogP contribution is 2.42. The number of alkyl halides is 3. The summed E-state index contributed by atoms with van der Waals surface area (Å²) < 4.78 is 46.4. The highest BCUT2D eigenvalue weighted by Gasteiger charge is 2.58. The normalized spacial score (nSPS) is 14.3. The summed E-state index contributed by atoms with van der Waals surface area (Å²) in [5.41, 5.74) is -2.63. The van der Waals surface area contributed by atoms with Crippen molar-refractivity contribution >= 4 is 27.5 Å². The van der Waals surface area contributed by atoms with Crippen LogP contribution in [0.1, 0.15) is 22.9 Å². The first kappa shape index (κ1) is 19.4. The minimum absolute atomic E-state index is 0.0449. The van der Waals surface area contributed by atoms with Crippen molar-refractivity contribution in [1.82, 2.24) is 9.88 Å². The van der Waals surface area contributed by atoms with Crippen LogP contribution in [0.25, 0.3) is 10.2 Å². The van der Waals surface area contributed by atoms with Gasteiger partial charge < -0.3 is 14.4 Å². The molecule has 0 radical (unpaired) electrons. The van der Waals surface area contributed by atoms with E-state index in [-0.39, 0.29) is 12.3 Å². The molecule has 1 amide bonds. The van der Waals surface area contributed by atoms with E-state index in [0.717, 1.165) is 21.2 Å². The number of aliphatic hydroxyl groups is 1. The fourth-order valence-electron chi connectivity index (χ4n) is 2.62. The second-order valence-corrected chi connectivity index (χ2v) is 7.39. The largest absolute Gasteiger partial charge is 0.463 e. The molecule has 0 aliphatic heterocycles. The lowest BCUT2D eigenvalue weighted by atomic mass is 9.95. The summed E-state index contributed by atoms with van der Waals surface area (Å²) in [6.07, 6.45) is -6.24. The van der Waals surface area contributed by atoms with Gasteiger partial charge in [-0.25, -0.2) is 4.98 Å². The van der Waals surface area contributed by atoms with E-state index in [1.807, 2.05) is 24.3 Å². The molecule has 2 heterocycles. The van der Waals surface area contributed by atoms with Gasteiger partial charge in [0.1, 0.15) is 16.5 Å². The fourth-order valence-corrected chi connectivity index (χ4v) is 3.64. The first-order chi connectivity index (χ1) is 12.6. The van der Waals surface area contributed by atoms with Crippen molar-refractivity contribution < 1.29 is 27.5 Å². The number of amides is 1. The molecule has 0 saturated heterocycles. The van der Waals surface area contributed by atoms with Gasteiger partial charge in [0, 0.05) is 7.05 Å². The number of hydrogen-bond acceptors (Lipinski definition) is 5. The molecule has 3 aromatic rings. The third kappa shape index (κ3) is 3.84. The molecule has 0 bridgehead atoms. The van der Waals surface area contributed by atoms with E-state index in [4.69, 9.17) is 4.42 Å². The molecule has 2 aromatic heterocycles. The molecule has 0 unspecified atom stereocenters. The molecular formula is C18H17F3N2O3S. The Kier molecular flexibility index (Phi) is 5.00. The van der Waals surface area contributed by atoms with Crippen LogP contribution in [0, 0.1) is 6.92 Å². The first-order valence-electron chi connectivity index (χ1n) is 8.04. The van der Waals surface area contributed by atoms with E-state index in [1.165, 1.54) is 31.4 Å². The lowest BCUT2D eigenvalue weighted by molar-refractivity contribution is -0.274. The number of aryl methyl sites for hydroxylation is 1. The number of aromatic nitrogens is 1. The Morgan fingerprint density at radius 3 is 2.56 bits per heavy atom. The number of halogens is 3. The van der Waals surface area contributed by atoms with Crippen molar-refractivity contribution in [2.24, 2.45) is 0 Å². The van der Waals surface area contributed by atoms with Crippen molar-refractivity contribution in [3.8, 4) is 0 Å². The van der Waals surface area contributed by atoms with Gasteiger partial charge >= 0.3 is 6.18 Å². The Labute approximate surface area is 157 Å². The van der Waals surface area contributed by atoms with Crippen LogP contribution in [0.3, 0.4) is 0 Å². The van der Waals surface area contributed by atoms with Crippen molar-refractivity contribution in [3.63, 3.8) is 0 Å². The van der Waals surface area contributed by atoms with Crippen LogP contribution in [-0.4, -0.2) is 34.1 Å². The zero-order valence-corrected chi connectivity index (χ0v) is 15.4. The van der Waals surface area contributed by atoms with Gasteiger partial charge in [-0.1, -0.05) is 12.1 Å². The molecule has 0 aliphatic carbocycles. The summed E-state index contributed by atoms with van der Waals surface area (Å²) in [6, 6.07) is 9.72. The van der Waals surface area contributed by atoms with Crippen LogP contribution in [0.15, 0.2) is 40.8 Å². The number of rotatable bonds is 5. The average molecular weight is 398 g/mol. The molecule has 1 N–H and O–H groups in total. The topological polar surface area (TPSA) is 66.6 Å². The molecule has 9 heteroatoms. The van der Waals surface area contributed by atoms with Crippen LogP contribution in [-0.2, 0) is 16.9 Å². The minimum atomic E-state index is -5.07. The lowest BCUT2D eigenvalue weighted by Crippen LogP contribution is -2.46. The number of benzene rings is 1. The number of carbonyl (C=O) groups is 1. The number of carbonyl (C=O) groups excluding carboxylic acids is 1. The maximum atomic E-state index is 13.5. The quantitative estimate of drug-likeness (QED) is 0.706. The minimum Gasteiger partial charge on any atom is -0.463 e. The zero-order valence-electron chi connectivity index (χ0n) is 14.6. The van der Waals surface area contributed by atoms with Crippen molar-refractivity contribution in [2.45, 2.75) is 31.7 Å². The van der Waals surface area contributed by atoms with Gasteiger partial charge in [-0.05, 0) is 31.2 Å². The Morgan fingerprint density at radius 1 is 1.26 bits per heavy atom. The van der Waals surface area contributed by atoms with Gasteiger partial charge in [-0.2, -0.15) is 13.2 Å².